The molecule has 112 valence electrons. The summed E-state index contributed by atoms with van der Waals surface area (Å²) in [6, 6.07) is 1.24. The minimum absolute atomic E-state index is 0.432. The predicted molar refractivity (Wildman–Crippen MR) is 81.4 cm³/mol. The van der Waals surface area contributed by atoms with Crippen LogP contribution in [-0.4, -0.2) is 25.3 Å². The molecule has 1 N–H and O–H groups in total. The highest BCUT2D eigenvalue weighted by Gasteiger charge is 2.39. The fraction of sp³-hybridized carbons (Fsp3) is 1.00. The van der Waals surface area contributed by atoms with Crippen molar-refractivity contribution >= 4 is 0 Å². The Hall–Kier alpha value is -0.0800. The molecule has 0 aromatic heterocycles. The first-order chi connectivity index (χ1) is 8.81. The van der Waals surface area contributed by atoms with Gasteiger partial charge in [0.15, 0.2) is 0 Å². The monoisotopic (exact) mass is 267 g/mol. The van der Waals surface area contributed by atoms with Gasteiger partial charge in [0, 0.05) is 19.2 Å². The van der Waals surface area contributed by atoms with Crippen molar-refractivity contribution in [3.63, 3.8) is 0 Å². The molecule has 2 aliphatic rings. The predicted octanol–water partition coefficient (Wildman–Crippen LogP) is 4.14. The number of hydrogen-bond acceptors (Lipinski definition) is 2. The van der Waals surface area contributed by atoms with Gasteiger partial charge in [-0.05, 0) is 42.9 Å². The average Bonchev–Trinajstić information content (AvgIpc) is 2.25. The van der Waals surface area contributed by atoms with Crippen LogP contribution in [0.1, 0.15) is 72.6 Å². The van der Waals surface area contributed by atoms with E-state index in [4.69, 9.17) is 4.74 Å². The Labute approximate surface area is 119 Å². The number of methoxy groups -OCH3 is 1. The summed E-state index contributed by atoms with van der Waals surface area (Å²) in [5.41, 5.74) is 0.938. The van der Waals surface area contributed by atoms with Crippen molar-refractivity contribution in [3.8, 4) is 0 Å². The molecule has 0 spiro atoms. The van der Waals surface area contributed by atoms with E-state index in [0.717, 1.165) is 0 Å². The average molecular weight is 267 g/mol. The van der Waals surface area contributed by atoms with Crippen molar-refractivity contribution in [1.29, 1.82) is 0 Å². The minimum Gasteiger partial charge on any atom is -0.380 e. The van der Waals surface area contributed by atoms with Crippen molar-refractivity contribution < 1.29 is 4.74 Å². The van der Waals surface area contributed by atoms with Crippen LogP contribution in [-0.2, 0) is 4.74 Å². The van der Waals surface area contributed by atoms with Crippen LogP contribution in [0.3, 0.4) is 0 Å². The summed E-state index contributed by atoms with van der Waals surface area (Å²) in [6.45, 7) is 9.71. The van der Waals surface area contributed by atoms with E-state index < -0.39 is 0 Å². The Kier molecular flexibility index (Phi) is 4.62. The fourth-order valence-corrected chi connectivity index (χ4v) is 4.84. The van der Waals surface area contributed by atoms with Gasteiger partial charge in [0.2, 0.25) is 0 Å². The zero-order valence-corrected chi connectivity index (χ0v) is 13.6. The van der Waals surface area contributed by atoms with Gasteiger partial charge in [-0.25, -0.2) is 0 Å². The fourth-order valence-electron chi connectivity index (χ4n) is 4.84. The van der Waals surface area contributed by atoms with Crippen LogP contribution >= 0.6 is 0 Å². The molecule has 2 nitrogen and oxygen atoms in total. The van der Waals surface area contributed by atoms with Gasteiger partial charge in [0.1, 0.15) is 0 Å². The van der Waals surface area contributed by atoms with E-state index in [1.54, 1.807) is 0 Å². The van der Waals surface area contributed by atoms with Gasteiger partial charge in [0.25, 0.3) is 0 Å². The smallest absolute Gasteiger partial charge is 0.0724 e. The van der Waals surface area contributed by atoms with E-state index in [1.807, 2.05) is 7.11 Å². The first-order valence-corrected chi connectivity index (χ1v) is 8.10. The van der Waals surface area contributed by atoms with Gasteiger partial charge >= 0.3 is 0 Å². The van der Waals surface area contributed by atoms with Gasteiger partial charge in [-0.15, -0.1) is 0 Å². The van der Waals surface area contributed by atoms with Crippen molar-refractivity contribution in [1.82, 2.24) is 5.32 Å². The highest BCUT2D eigenvalue weighted by atomic mass is 16.5. The van der Waals surface area contributed by atoms with Crippen LogP contribution in [0.5, 0.6) is 0 Å². The largest absolute Gasteiger partial charge is 0.380 e. The Balaban J connectivity index is 1.97. The lowest BCUT2D eigenvalue weighted by Gasteiger charge is -2.47. The van der Waals surface area contributed by atoms with Crippen LogP contribution in [0.2, 0.25) is 0 Å². The van der Waals surface area contributed by atoms with E-state index in [2.05, 4.69) is 33.0 Å². The van der Waals surface area contributed by atoms with E-state index in [9.17, 15) is 0 Å². The maximum Gasteiger partial charge on any atom is 0.0724 e. The third-order valence-corrected chi connectivity index (χ3v) is 5.01. The number of nitrogens with one attached hydrogen (secondary N) is 1. The van der Waals surface area contributed by atoms with Crippen LogP contribution in [0, 0.1) is 10.8 Å². The summed E-state index contributed by atoms with van der Waals surface area (Å²) in [5.74, 6) is 0. The van der Waals surface area contributed by atoms with Crippen LogP contribution in [0.15, 0.2) is 0 Å². The molecule has 0 heterocycles. The standard InChI is InChI=1S/C17H33NO/c1-16(2)10-13(11-17(3,4)12-16)18-14-8-6-7-9-15(14)19-5/h13-15,18H,6-12H2,1-5H3. The molecule has 2 fully saturated rings. The van der Waals surface area contributed by atoms with Gasteiger partial charge < -0.3 is 10.1 Å². The minimum atomic E-state index is 0.432. The van der Waals surface area contributed by atoms with Crippen molar-refractivity contribution in [2.45, 2.75) is 90.8 Å². The molecule has 2 unspecified atom stereocenters. The second-order valence-electron chi connectivity index (χ2n) is 8.44. The summed E-state index contributed by atoms with van der Waals surface area (Å²) in [7, 11) is 1.87. The molecule has 2 rings (SSSR count). The number of hydrogen-bond donors (Lipinski definition) is 1. The Morgan fingerprint density at radius 1 is 0.947 bits per heavy atom. The lowest BCUT2D eigenvalue weighted by Crippen LogP contribution is -2.52. The molecule has 0 aromatic carbocycles. The molecular weight excluding hydrogens is 234 g/mol. The van der Waals surface area contributed by atoms with E-state index in [0.29, 0.717) is 29.0 Å². The summed E-state index contributed by atoms with van der Waals surface area (Å²) < 4.78 is 5.69. The van der Waals surface area contributed by atoms with Crippen molar-refractivity contribution in [2.75, 3.05) is 7.11 Å². The van der Waals surface area contributed by atoms with E-state index in [-0.39, 0.29) is 0 Å². The molecule has 0 radical (unpaired) electrons. The highest BCUT2D eigenvalue weighted by molar-refractivity contribution is 4.95. The third-order valence-electron chi connectivity index (χ3n) is 5.01. The van der Waals surface area contributed by atoms with Crippen LogP contribution < -0.4 is 5.32 Å². The molecule has 0 amide bonds. The normalized spacial score (nSPS) is 35.2. The molecule has 2 saturated carbocycles. The number of rotatable bonds is 3. The summed E-state index contributed by atoms with van der Waals surface area (Å²) in [5, 5.41) is 3.95. The molecule has 2 heteroatoms. The molecule has 0 saturated heterocycles. The Morgan fingerprint density at radius 2 is 1.53 bits per heavy atom. The Bertz CT molecular complexity index is 282. The first kappa shape index (κ1) is 15.3. The molecule has 0 aromatic rings. The SMILES string of the molecule is COC1CCCCC1NC1CC(C)(C)CC(C)(C)C1. The van der Waals surface area contributed by atoms with E-state index in [1.165, 1.54) is 44.9 Å². The van der Waals surface area contributed by atoms with Crippen molar-refractivity contribution in [2.24, 2.45) is 10.8 Å². The van der Waals surface area contributed by atoms with Gasteiger partial charge in [-0.1, -0.05) is 40.5 Å². The highest BCUT2D eigenvalue weighted by Crippen LogP contribution is 2.46. The summed E-state index contributed by atoms with van der Waals surface area (Å²) in [6.07, 6.45) is 9.60. The zero-order valence-electron chi connectivity index (χ0n) is 13.6. The topological polar surface area (TPSA) is 21.3 Å². The first-order valence-electron chi connectivity index (χ1n) is 8.10. The van der Waals surface area contributed by atoms with Gasteiger partial charge in [-0.2, -0.15) is 0 Å². The third kappa shape index (κ3) is 4.19. The molecule has 0 bridgehead atoms. The summed E-state index contributed by atoms with van der Waals surface area (Å²) >= 11 is 0. The van der Waals surface area contributed by atoms with Gasteiger partial charge in [0.05, 0.1) is 6.10 Å². The number of ether oxygens (including phenoxy) is 1. The molecule has 19 heavy (non-hydrogen) atoms. The van der Waals surface area contributed by atoms with E-state index >= 15 is 0 Å². The summed E-state index contributed by atoms with van der Waals surface area (Å²) in [4.78, 5) is 0. The van der Waals surface area contributed by atoms with Crippen molar-refractivity contribution in [3.05, 3.63) is 0 Å². The quantitative estimate of drug-likeness (QED) is 0.830. The second-order valence-corrected chi connectivity index (χ2v) is 8.44. The molecule has 2 atom stereocenters. The molecule has 2 aliphatic carbocycles. The molecular formula is C17H33NO. The van der Waals surface area contributed by atoms with Crippen LogP contribution in [0.25, 0.3) is 0 Å². The van der Waals surface area contributed by atoms with Gasteiger partial charge in [-0.3, -0.25) is 0 Å². The zero-order chi connectivity index (χ0) is 14.1. The lowest BCUT2D eigenvalue weighted by atomic mass is 9.63. The maximum absolute atomic E-state index is 5.69. The lowest BCUT2D eigenvalue weighted by molar-refractivity contribution is 0.0197. The molecule has 0 aliphatic heterocycles. The van der Waals surface area contributed by atoms with Crippen LogP contribution in [0.4, 0.5) is 0 Å². The second kappa shape index (κ2) is 5.73. The Morgan fingerprint density at radius 3 is 2.11 bits per heavy atom. The maximum atomic E-state index is 5.69.